The maximum atomic E-state index is 5.33. The number of rotatable bonds is 2. The second-order valence-electron chi connectivity index (χ2n) is 4.66. The zero-order valence-electron chi connectivity index (χ0n) is 11.6. The van der Waals surface area contributed by atoms with Crippen LogP contribution >= 0.6 is 0 Å². The van der Waals surface area contributed by atoms with Gasteiger partial charge in [-0.15, -0.1) is 10.2 Å². The lowest BCUT2D eigenvalue weighted by Crippen LogP contribution is -1.92. The third-order valence-electron chi connectivity index (χ3n) is 3.28. The second kappa shape index (κ2) is 4.85. The average molecular weight is 266 g/mol. The zero-order valence-corrected chi connectivity index (χ0v) is 11.6. The molecule has 1 aromatic carbocycles. The van der Waals surface area contributed by atoms with Gasteiger partial charge in [0.25, 0.3) is 5.89 Å². The van der Waals surface area contributed by atoms with Crippen molar-refractivity contribution in [3.8, 4) is 22.8 Å². The molecule has 0 saturated heterocycles. The minimum Gasteiger partial charge on any atom is -0.420 e. The Balaban J connectivity index is 1.99. The van der Waals surface area contributed by atoms with E-state index in [0.29, 0.717) is 17.5 Å². The summed E-state index contributed by atoms with van der Waals surface area (Å²) >= 11 is 0. The van der Waals surface area contributed by atoms with Crippen LogP contribution in [-0.2, 0) is 0 Å². The molecule has 0 spiro atoms. The number of aromatic nitrogens is 4. The highest BCUT2D eigenvalue weighted by atomic mass is 16.4. The van der Waals surface area contributed by atoms with E-state index in [1.54, 1.807) is 19.3 Å². The second-order valence-corrected chi connectivity index (χ2v) is 4.66. The maximum Gasteiger partial charge on any atom is 0.267 e. The van der Waals surface area contributed by atoms with Gasteiger partial charge >= 0.3 is 0 Å². The zero-order chi connectivity index (χ0) is 14.1. The summed E-state index contributed by atoms with van der Waals surface area (Å²) in [6.07, 6.45) is 3.39. The topological polar surface area (TPSA) is 64.7 Å². The van der Waals surface area contributed by atoms with Crippen LogP contribution in [0.4, 0.5) is 0 Å². The van der Waals surface area contributed by atoms with E-state index < -0.39 is 0 Å². The minimum atomic E-state index is 0.391. The van der Waals surface area contributed by atoms with Gasteiger partial charge in [0.2, 0.25) is 5.89 Å². The number of nitrogens with zero attached hydrogens (tertiary/aromatic N) is 4. The molecule has 100 valence electrons. The summed E-state index contributed by atoms with van der Waals surface area (Å²) in [4.78, 5) is 8.80. The predicted molar refractivity (Wildman–Crippen MR) is 75.0 cm³/mol. The summed E-state index contributed by atoms with van der Waals surface area (Å²) in [5.74, 6) is 0.905. The highest BCUT2D eigenvalue weighted by Gasteiger charge is 2.10. The fraction of sp³-hybridized carbons (Fsp3) is 0.200. The highest BCUT2D eigenvalue weighted by molar-refractivity contribution is 5.65. The largest absolute Gasteiger partial charge is 0.420 e. The van der Waals surface area contributed by atoms with Crippen molar-refractivity contribution in [3.63, 3.8) is 0 Å². The molecular weight excluding hydrogens is 252 g/mol. The molecule has 0 bridgehead atoms. The molecular formula is C15H14N4O. The summed E-state index contributed by atoms with van der Waals surface area (Å²) < 4.78 is 5.33. The molecule has 2 aromatic heterocycles. The molecule has 5 heteroatoms. The smallest absolute Gasteiger partial charge is 0.267 e. The van der Waals surface area contributed by atoms with Gasteiger partial charge in [0.05, 0.1) is 18.1 Å². The molecule has 0 radical (unpaired) electrons. The monoisotopic (exact) mass is 266 g/mol. The lowest BCUT2D eigenvalue weighted by Gasteiger charge is -2.07. The number of aryl methyl sites for hydroxylation is 2. The van der Waals surface area contributed by atoms with Gasteiger partial charge in [-0.25, -0.2) is 4.98 Å². The van der Waals surface area contributed by atoms with Crippen LogP contribution in [0.5, 0.6) is 0 Å². The molecule has 20 heavy (non-hydrogen) atoms. The lowest BCUT2D eigenvalue weighted by atomic mass is 10.0. The van der Waals surface area contributed by atoms with Gasteiger partial charge in [-0.3, -0.25) is 4.98 Å². The first kappa shape index (κ1) is 12.5. The molecule has 0 amide bonds. The number of hydrogen-bond donors (Lipinski definition) is 0. The Labute approximate surface area is 116 Å². The Kier molecular flexibility index (Phi) is 3.02. The Hall–Kier alpha value is -2.56. The Morgan fingerprint density at radius 3 is 2.30 bits per heavy atom. The van der Waals surface area contributed by atoms with Crippen molar-refractivity contribution in [2.45, 2.75) is 20.8 Å². The van der Waals surface area contributed by atoms with Crippen LogP contribution in [-0.4, -0.2) is 20.2 Å². The highest BCUT2D eigenvalue weighted by Crippen LogP contribution is 2.24. The van der Waals surface area contributed by atoms with E-state index >= 15 is 0 Å². The first-order valence-electron chi connectivity index (χ1n) is 6.34. The van der Waals surface area contributed by atoms with Gasteiger partial charge in [0.15, 0.2) is 0 Å². The predicted octanol–water partition coefficient (Wildman–Crippen LogP) is 3.12. The summed E-state index contributed by atoms with van der Waals surface area (Å²) in [5, 5.41) is 7.72. The van der Waals surface area contributed by atoms with E-state index in [0.717, 1.165) is 11.3 Å². The number of benzene rings is 1. The third kappa shape index (κ3) is 2.18. The fourth-order valence-corrected chi connectivity index (χ4v) is 2.01. The molecule has 0 unspecified atom stereocenters. The van der Waals surface area contributed by atoms with Gasteiger partial charge < -0.3 is 4.42 Å². The van der Waals surface area contributed by atoms with Crippen LogP contribution in [0.25, 0.3) is 22.8 Å². The van der Waals surface area contributed by atoms with Crippen LogP contribution in [0, 0.1) is 20.8 Å². The standard InChI is InChI=1S/C15H14N4O/c1-9-5-4-6-12(10(9)2)13-7-17-14(8-16-13)15-19-18-11(3)20-15/h4-8H,1-3H3. The Morgan fingerprint density at radius 2 is 1.65 bits per heavy atom. The first-order chi connectivity index (χ1) is 9.65. The minimum absolute atomic E-state index is 0.391. The molecule has 0 N–H and O–H groups in total. The molecule has 5 nitrogen and oxygen atoms in total. The van der Waals surface area contributed by atoms with Crippen molar-refractivity contribution in [1.29, 1.82) is 0 Å². The molecule has 2 heterocycles. The summed E-state index contributed by atoms with van der Waals surface area (Å²) in [6, 6.07) is 6.15. The van der Waals surface area contributed by atoms with E-state index in [9.17, 15) is 0 Å². The van der Waals surface area contributed by atoms with E-state index in [-0.39, 0.29) is 0 Å². The molecule has 0 aliphatic carbocycles. The van der Waals surface area contributed by atoms with Crippen LogP contribution in [0.3, 0.4) is 0 Å². The Morgan fingerprint density at radius 1 is 0.900 bits per heavy atom. The van der Waals surface area contributed by atoms with Crippen molar-refractivity contribution in [1.82, 2.24) is 20.2 Å². The van der Waals surface area contributed by atoms with Crippen LogP contribution < -0.4 is 0 Å². The van der Waals surface area contributed by atoms with Crippen LogP contribution in [0.2, 0.25) is 0 Å². The molecule has 0 fully saturated rings. The molecule has 0 atom stereocenters. The first-order valence-corrected chi connectivity index (χ1v) is 6.34. The van der Waals surface area contributed by atoms with Crippen molar-refractivity contribution < 1.29 is 4.42 Å². The molecule has 3 aromatic rings. The van der Waals surface area contributed by atoms with E-state index in [1.165, 1.54) is 11.1 Å². The van der Waals surface area contributed by atoms with Gasteiger partial charge in [-0.2, -0.15) is 0 Å². The van der Waals surface area contributed by atoms with Crippen molar-refractivity contribution in [2.24, 2.45) is 0 Å². The van der Waals surface area contributed by atoms with Crippen LogP contribution in [0.1, 0.15) is 17.0 Å². The SMILES string of the molecule is Cc1nnc(-c2cnc(-c3cccc(C)c3C)cn2)o1. The molecule has 3 rings (SSSR count). The third-order valence-corrected chi connectivity index (χ3v) is 3.28. The molecule has 0 aliphatic rings. The average Bonchev–Trinajstić information content (AvgIpc) is 2.89. The van der Waals surface area contributed by atoms with Crippen molar-refractivity contribution in [2.75, 3.05) is 0 Å². The number of hydrogen-bond acceptors (Lipinski definition) is 5. The Bertz CT molecular complexity index is 747. The van der Waals surface area contributed by atoms with Crippen molar-refractivity contribution in [3.05, 3.63) is 47.6 Å². The summed E-state index contributed by atoms with van der Waals surface area (Å²) in [7, 11) is 0. The summed E-state index contributed by atoms with van der Waals surface area (Å²) in [5.41, 5.74) is 4.96. The summed E-state index contributed by atoms with van der Waals surface area (Å²) in [6.45, 7) is 5.91. The van der Waals surface area contributed by atoms with E-state index in [4.69, 9.17) is 4.42 Å². The van der Waals surface area contributed by atoms with Crippen molar-refractivity contribution >= 4 is 0 Å². The van der Waals surface area contributed by atoms with E-state index in [2.05, 4.69) is 40.1 Å². The van der Waals surface area contributed by atoms with Gasteiger partial charge in [0, 0.05) is 12.5 Å². The lowest BCUT2D eigenvalue weighted by molar-refractivity contribution is 0.530. The van der Waals surface area contributed by atoms with Gasteiger partial charge in [-0.05, 0) is 25.0 Å². The van der Waals surface area contributed by atoms with E-state index in [1.807, 2.05) is 12.1 Å². The van der Waals surface area contributed by atoms with Gasteiger partial charge in [0.1, 0.15) is 5.69 Å². The maximum absolute atomic E-state index is 5.33. The molecule has 0 aliphatic heterocycles. The van der Waals surface area contributed by atoms with Crippen LogP contribution in [0.15, 0.2) is 35.0 Å². The normalized spacial score (nSPS) is 10.8. The fourth-order valence-electron chi connectivity index (χ4n) is 2.01. The quantitative estimate of drug-likeness (QED) is 0.713. The van der Waals surface area contributed by atoms with Gasteiger partial charge in [-0.1, -0.05) is 18.2 Å². The molecule has 0 saturated carbocycles.